The van der Waals surface area contributed by atoms with Gasteiger partial charge in [-0.05, 0) is 137 Å². The van der Waals surface area contributed by atoms with Crippen LogP contribution in [0.25, 0.3) is 0 Å². The van der Waals surface area contributed by atoms with E-state index in [2.05, 4.69) is 34.6 Å². The first-order valence-electron chi connectivity index (χ1n) is 13.2. The Balaban J connectivity index is 1.53. The molecule has 4 rings (SSSR count). The van der Waals surface area contributed by atoms with E-state index >= 15 is 0 Å². The van der Waals surface area contributed by atoms with Crippen molar-refractivity contribution < 1.29 is 10.2 Å². The minimum Gasteiger partial charge on any atom is -0.390 e. The lowest BCUT2D eigenvalue weighted by Crippen LogP contribution is -2.57. The number of fused-ring (bicyclic) bond motifs is 5. The van der Waals surface area contributed by atoms with Crippen LogP contribution in [0.3, 0.4) is 0 Å². The second kappa shape index (κ2) is 7.47. The van der Waals surface area contributed by atoms with Crippen LogP contribution in [-0.2, 0) is 0 Å². The molecule has 0 bridgehead atoms. The molecule has 4 saturated carbocycles. The van der Waals surface area contributed by atoms with E-state index in [-0.39, 0.29) is 0 Å². The van der Waals surface area contributed by atoms with Crippen molar-refractivity contribution in [2.45, 2.75) is 124 Å². The number of hydrogen-bond acceptors (Lipinski definition) is 2. The maximum absolute atomic E-state index is 10.8. The monoisotopic (exact) mass is 418 g/mol. The van der Waals surface area contributed by atoms with Gasteiger partial charge in [-0.2, -0.15) is 0 Å². The Kier molecular flexibility index (Phi) is 5.75. The van der Waals surface area contributed by atoms with Crippen molar-refractivity contribution in [3.63, 3.8) is 0 Å². The van der Waals surface area contributed by atoms with Gasteiger partial charge in [-0.15, -0.1) is 0 Å². The van der Waals surface area contributed by atoms with Gasteiger partial charge in [0.1, 0.15) is 0 Å². The summed E-state index contributed by atoms with van der Waals surface area (Å²) in [5.41, 5.74) is -0.0297. The summed E-state index contributed by atoms with van der Waals surface area (Å²) in [7, 11) is 0. The van der Waals surface area contributed by atoms with Gasteiger partial charge in [0.2, 0.25) is 0 Å². The minimum absolute atomic E-state index is 0.441. The normalized spacial score (nSPS) is 52.3. The van der Waals surface area contributed by atoms with Crippen LogP contribution in [-0.4, -0.2) is 21.4 Å². The van der Waals surface area contributed by atoms with Gasteiger partial charge in [0.15, 0.2) is 0 Å². The SMILES string of the molecule is CC1C[C@@H]2[C@H](CC[C@]3(C)[C@@H]([C@H](C)CCC(C)(C)O)CC[C@@H]23)[C@@]2(C)CC[C@](C)(O)C[C@H]12. The second-order valence-corrected chi connectivity index (χ2v) is 14.0. The van der Waals surface area contributed by atoms with Gasteiger partial charge in [-0.25, -0.2) is 0 Å². The zero-order valence-electron chi connectivity index (χ0n) is 21.0. The van der Waals surface area contributed by atoms with E-state index in [1.807, 2.05) is 13.8 Å². The summed E-state index contributed by atoms with van der Waals surface area (Å²) in [5, 5.41) is 21.1. The first-order valence-corrected chi connectivity index (χ1v) is 13.2. The lowest BCUT2D eigenvalue weighted by atomic mass is 9.42. The molecule has 4 aliphatic rings. The summed E-state index contributed by atoms with van der Waals surface area (Å²) >= 11 is 0. The fourth-order valence-electron chi connectivity index (χ4n) is 9.63. The predicted molar refractivity (Wildman–Crippen MR) is 125 cm³/mol. The first kappa shape index (κ1) is 23.1. The topological polar surface area (TPSA) is 40.5 Å². The summed E-state index contributed by atoms with van der Waals surface area (Å²) in [4.78, 5) is 0. The van der Waals surface area contributed by atoms with E-state index in [1.54, 1.807) is 0 Å². The van der Waals surface area contributed by atoms with E-state index in [9.17, 15) is 10.2 Å². The first-order chi connectivity index (χ1) is 13.8. The van der Waals surface area contributed by atoms with Gasteiger partial charge in [-0.1, -0.05) is 27.7 Å². The molecule has 174 valence electrons. The van der Waals surface area contributed by atoms with Crippen molar-refractivity contribution in [3.8, 4) is 0 Å². The van der Waals surface area contributed by atoms with Crippen LogP contribution in [0.5, 0.6) is 0 Å². The van der Waals surface area contributed by atoms with Gasteiger partial charge in [-0.3, -0.25) is 0 Å². The fraction of sp³-hybridized carbons (Fsp3) is 1.00. The minimum atomic E-state index is -0.532. The molecule has 0 saturated heterocycles. The maximum atomic E-state index is 10.8. The van der Waals surface area contributed by atoms with Crippen molar-refractivity contribution in [1.82, 2.24) is 0 Å². The third-order valence-corrected chi connectivity index (χ3v) is 11.3. The highest BCUT2D eigenvalue weighted by Gasteiger charge is 2.62. The molecule has 30 heavy (non-hydrogen) atoms. The lowest BCUT2D eigenvalue weighted by Gasteiger charge is -2.64. The molecule has 0 spiro atoms. The molecular weight excluding hydrogens is 368 g/mol. The fourth-order valence-corrected chi connectivity index (χ4v) is 9.63. The molecule has 4 fully saturated rings. The average molecular weight is 419 g/mol. The van der Waals surface area contributed by atoms with E-state index in [0.717, 1.165) is 61.2 Å². The molecule has 2 N–H and O–H groups in total. The van der Waals surface area contributed by atoms with Crippen molar-refractivity contribution in [2.24, 2.45) is 52.3 Å². The van der Waals surface area contributed by atoms with E-state index in [1.165, 1.54) is 38.5 Å². The molecule has 0 aliphatic heterocycles. The van der Waals surface area contributed by atoms with Crippen LogP contribution >= 0.6 is 0 Å². The average Bonchev–Trinajstić information content (AvgIpc) is 2.98. The van der Waals surface area contributed by atoms with Crippen molar-refractivity contribution in [1.29, 1.82) is 0 Å². The van der Waals surface area contributed by atoms with Gasteiger partial charge < -0.3 is 10.2 Å². The summed E-state index contributed by atoms with van der Waals surface area (Å²) in [6.07, 6.45) is 12.4. The zero-order chi connectivity index (χ0) is 22.1. The Morgan fingerprint density at radius 3 is 2.27 bits per heavy atom. The summed E-state index contributed by atoms with van der Waals surface area (Å²) < 4.78 is 0. The van der Waals surface area contributed by atoms with Crippen LogP contribution in [0.4, 0.5) is 0 Å². The van der Waals surface area contributed by atoms with Crippen molar-refractivity contribution >= 4 is 0 Å². The molecule has 10 atom stereocenters. The van der Waals surface area contributed by atoms with Crippen LogP contribution in [0.2, 0.25) is 0 Å². The molecular formula is C28H50O2. The molecule has 0 amide bonds. The highest BCUT2D eigenvalue weighted by atomic mass is 16.3. The Labute approximate surface area is 186 Å². The Morgan fingerprint density at radius 1 is 0.933 bits per heavy atom. The Bertz CT molecular complexity index is 633. The molecule has 0 aromatic carbocycles. The molecule has 0 heterocycles. The number of rotatable bonds is 4. The highest BCUT2D eigenvalue weighted by Crippen LogP contribution is 2.69. The number of hydrogen-bond donors (Lipinski definition) is 2. The van der Waals surface area contributed by atoms with Crippen LogP contribution < -0.4 is 0 Å². The lowest BCUT2D eigenvalue weighted by molar-refractivity contribution is -0.166. The van der Waals surface area contributed by atoms with Crippen LogP contribution in [0.1, 0.15) is 113 Å². The van der Waals surface area contributed by atoms with E-state index < -0.39 is 11.2 Å². The van der Waals surface area contributed by atoms with Gasteiger partial charge >= 0.3 is 0 Å². The molecule has 4 aliphatic carbocycles. The highest BCUT2D eigenvalue weighted by molar-refractivity contribution is 5.11. The molecule has 2 heteroatoms. The van der Waals surface area contributed by atoms with E-state index in [0.29, 0.717) is 16.7 Å². The molecule has 1 unspecified atom stereocenters. The van der Waals surface area contributed by atoms with Crippen molar-refractivity contribution in [2.75, 3.05) is 0 Å². The maximum Gasteiger partial charge on any atom is 0.0623 e. The number of aliphatic hydroxyl groups is 2. The zero-order valence-corrected chi connectivity index (χ0v) is 21.0. The predicted octanol–water partition coefficient (Wildman–Crippen LogP) is 6.83. The quantitative estimate of drug-likeness (QED) is 0.525. The molecule has 0 aromatic rings. The molecule has 0 aromatic heterocycles. The largest absolute Gasteiger partial charge is 0.390 e. The van der Waals surface area contributed by atoms with Crippen molar-refractivity contribution in [3.05, 3.63) is 0 Å². The van der Waals surface area contributed by atoms with Crippen LogP contribution in [0, 0.1) is 52.3 Å². The Hall–Kier alpha value is -0.0800. The van der Waals surface area contributed by atoms with E-state index in [4.69, 9.17) is 0 Å². The summed E-state index contributed by atoms with van der Waals surface area (Å²) in [5.74, 6) is 5.67. The molecule has 2 nitrogen and oxygen atoms in total. The smallest absolute Gasteiger partial charge is 0.0623 e. The standard InChI is InChI=1S/C28H50O2/c1-18(10-12-25(3,4)29)21-8-9-22-20-16-19(2)24-17-26(5,30)14-15-28(24,7)23(20)11-13-27(21,22)6/h18-24,29-30H,8-17H2,1-7H3/t18-,19?,20+,21-,22+,23+,24-,26+,27-,28-/m1/s1. The van der Waals surface area contributed by atoms with Gasteiger partial charge in [0.25, 0.3) is 0 Å². The third-order valence-electron chi connectivity index (χ3n) is 11.3. The van der Waals surface area contributed by atoms with Gasteiger partial charge in [0, 0.05) is 0 Å². The van der Waals surface area contributed by atoms with Gasteiger partial charge in [0.05, 0.1) is 11.2 Å². The summed E-state index contributed by atoms with van der Waals surface area (Å²) in [6, 6.07) is 0. The van der Waals surface area contributed by atoms with Crippen LogP contribution in [0.15, 0.2) is 0 Å². The second-order valence-electron chi connectivity index (χ2n) is 14.0. The summed E-state index contributed by atoms with van der Waals surface area (Å²) in [6.45, 7) is 16.3. The molecule has 0 radical (unpaired) electrons. The third kappa shape index (κ3) is 3.81. The Morgan fingerprint density at radius 2 is 1.60 bits per heavy atom.